The number of methoxy groups -OCH3 is 1. The SMILES string of the molecule is COc1ccc([C@@H](C)N[C@@H]2CCCC23CCN(c2nc(N)cnc2C(N)=O)CC3)cc1. The van der Waals surface area contributed by atoms with Crippen LogP contribution < -0.4 is 26.4 Å². The third-order valence-electron chi connectivity index (χ3n) is 7.04. The second-order valence-corrected chi connectivity index (χ2v) is 8.79. The fourth-order valence-electron chi connectivity index (χ4n) is 5.24. The van der Waals surface area contributed by atoms with Gasteiger partial charge in [-0.1, -0.05) is 18.6 Å². The normalized spacial score (nSPS) is 21.2. The number of nitrogens with zero attached hydrogens (tertiary/aromatic N) is 3. The monoisotopic (exact) mass is 424 g/mol. The first-order chi connectivity index (χ1) is 14.9. The summed E-state index contributed by atoms with van der Waals surface area (Å²) in [6.07, 6.45) is 7.09. The van der Waals surface area contributed by atoms with Gasteiger partial charge in [0.1, 0.15) is 11.6 Å². The molecule has 1 amide bonds. The van der Waals surface area contributed by atoms with Gasteiger partial charge in [-0.2, -0.15) is 0 Å². The fourth-order valence-corrected chi connectivity index (χ4v) is 5.24. The van der Waals surface area contributed by atoms with E-state index in [9.17, 15) is 4.79 Å². The highest BCUT2D eigenvalue weighted by Crippen LogP contribution is 2.47. The average molecular weight is 425 g/mol. The number of benzene rings is 1. The van der Waals surface area contributed by atoms with Crippen molar-refractivity contribution in [3.63, 3.8) is 0 Å². The Morgan fingerprint density at radius 3 is 2.61 bits per heavy atom. The van der Waals surface area contributed by atoms with E-state index in [-0.39, 0.29) is 17.2 Å². The van der Waals surface area contributed by atoms with E-state index in [1.54, 1.807) is 7.11 Å². The van der Waals surface area contributed by atoms with Crippen LogP contribution in [0.3, 0.4) is 0 Å². The number of rotatable bonds is 6. The summed E-state index contributed by atoms with van der Waals surface area (Å²) in [5.74, 6) is 1.11. The Labute approximate surface area is 183 Å². The van der Waals surface area contributed by atoms with E-state index in [1.165, 1.54) is 31.0 Å². The number of hydrogen-bond donors (Lipinski definition) is 3. The van der Waals surface area contributed by atoms with Crippen LogP contribution in [0.4, 0.5) is 11.6 Å². The predicted molar refractivity (Wildman–Crippen MR) is 121 cm³/mol. The maximum atomic E-state index is 11.8. The van der Waals surface area contributed by atoms with Crippen molar-refractivity contribution in [3.05, 3.63) is 41.7 Å². The Balaban J connectivity index is 1.45. The zero-order valence-electron chi connectivity index (χ0n) is 18.3. The van der Waals surface area contributed by atoms with Crippen molar-refractivity contribution in [2.24, 2.45) is 11.1 Å². The summed E-state index contributed by atoms with van der Waals surface area (Å²) in [4.78, 5) is 22.4. The lowest BCUT2D eigenvalue weighted by atomic mass is 9.73. The van der Waals surface area contributed by atoms with E-state index in [4.69, 9.17) is 16.2 Å². The number of primary amides is 1. The molecule has 2 aliphatic rings. The van der Waals surface area contributed by atoms with Gasteiger partial charge in [-0.25, -0.2) is 9.97 Å². The van der Waals surface area contributed by atoms with Crippen LogP contribution in [0.15, 0.2) is 30.5 Å². The molecule has 1 aliphatic carbocycles. The summed E-state index contributed by atoms with van der Waals surface area (Å²) in [6, 6.07) is 9.02. The van der Waals surface area contributed by atoms with Gasteiger partial charge in [0.25, 0.3) is 5.91 Å². The van der Waals surface area contributed by atoms with Crippen molar-refractivity contribution in [2.75, 3.05) is 30.8 Å². The molecule has 166 valence electrons. The van der Waals surface area contributed by atoms with E-state index in [0.717, 1.165) is 31.7 Å². The third-order valence-corrected chi connectivity index (χ3v) is 7.04. The number of nitrogen functional groups attached to an aromatic ring is 1. The number of aromatic nitrogens is 2. The average Bonchev–Trinajstić information content (AvgIpc) is 3.15. The molecule has 8 nitrogen and oxygen atoms in total. The summed E-state index contributed by atoms with van der Waals surface area (Å²) in [5.41, 5.74) is 13.1. The molecule has 0 radical (unpaired) electrons. The van der Waals surface area contributed by atoms with Gasteiger partial charge in [-0.05, 0) is 55.7 Å². The minimum Gasteiger partial charge on any atom is -0.497 e. The van der Waals surface area contributed by atoms with Crippen molar-refractivity contribution >= 4 is 17.5 Å². The molecule has 31 heavy (non-hydrogen) atoms. The lowest BCUT2D eigenvalue weighted by molar-refractivity contribution is 0.0995. The van der Waals surface area contributed by atoms with Crippen molar-refractivity contribution in [1.29, 1.82) is 0 Å². The first-order valence-corrected chi connectivity index (χ1v) is 11.0. The van der Waals surface area contributed by atoms with Crippen LogP contribution >= 0.6 is 0 Å². The van der Waals surface area contributed by atoms with Crippen LogP contribution in [0.5, 0.6) is 5.75 Å². The van der Waals surface area contributed by atoms with Gasteiger partial charge in [0.05, 0.1) is 13.3 Å². The molecule has 4 rings (SSSR count). The Bertz CT molecular complexity index is 924. The Kier molecular flexibility index (Phi) is 6.00. The van der Waals surface area contributed by atoms with Crippen LogP contribution in [0, 0.1) is 5.41 Å². The number of hydrogen-bond acceptors (Lipinski definition) is 7. The molecule has 2 fully saturated rings. The summed E-state index contributed by atoms with van der Waals surface area (Å²) in [6.45, 7) is 3.85. The van der Waals surface area contributed by atoms with Gasteiger partial charge >= 0.3 is 0 Å². The van der Waals surface area contributed by atoms with E-state index < -0.39 is 5.91 Å². The van der Waals surface area contributed by atoms with Crippen LogP contribution in [0.1, 0.15) is 61.1 Å². The first kappa shape index (κ1) is 21.4. The lowest BCUT2D eigenvalue weighted by Gasteiger charge is -2.44. The molecule has 2 aromatic rings. The quantitative estimate of drug-likeness (QED) is 0.652. The minimum atomic E-state index is -0.573. The van der Waals surface area contributed by atoms with E-state index >= 15 is 0 Å². The highest BCUT2D eigenvalue weighted by atomic mass is 16.5. The second-order valence-electron chi connectivity index (χ2n) is 8.79. The van der Waals surface area contributed by atoms with Crippen LogP contribution in [0.2, 0.25) is 0 Å². The molecule has 8 heteroatoms. The highest BCUT2D eigenvalue weighted by Gasteiger charge is 2.45. The van der Waals surface area contributed by atoms with Crippen LogP contribution in [-0.4, -0.2) is 42.1 Å². The number of piperidine rings is 1. The van der Waals surface area contributed by atoms with Crippen LogP contribution in [-0.2, 0) is 0 Å². The molecule has 2 heterocycles. The molecular formula is C23H32N6O2. The summed E-state index contributed by atoms with van der Waals surface area (Å²) < 4.78 is 5.28. The lowest BCUT2D eigenvalue weighted by Crippen LogP contribution is -2.49. The molecule has 1 aromatic carbocycles. The van der Waals surface area contributed by atoms with Gasteiger partial charge in [-0.3, -0.25) is 4.79 Å². The maximum Gasteiger partial charge on any atom is 0.271 e. The van der Waals surface area contributed by atoms with E-state index in [2.05, 4.69) is 39.2 Å². The van der Waals surface area contributed by atoms with Crippen molar-refractivity contribution in [2.45, 2.75) is 51.1 Å². The smallest absolute Gasteiger partial charge is 0.271 e. The molecule has 1 saturated heterocycles. The fraction of sp³-hybridized carbons (Fsp3) is 0.522. The summed E-state index contributed by atoms with van der Waals surface area (Å²) in [5, 5.41) is 3.91. The van der Waals surface area contributed by atoms with Gasteiger partial charge < -0.3 is 26.4 Å². The standard InChI is InChI=1S/C23H32N6O2/c1-15(16-5-7-17(31-2)8-6-16)27-18-4-3-9-23(18)10-12-29(13-11-23)22-20(21(25)30)26-14-19(24)28-22/h5-8,14-15,18,27H,3-4,9-13H2,1-2H3,(H2,24,28)(H2,25,30)/t15-,18-/m1/s1. The topological polar surface area (TPSA) is 119 Å². The molecule has 2 atom stereocenters. The number of amides is 1. The van der Waals surface area contributed by atoms with Gasteiger partial charge in [0, 0.05) is 25.2 Å². The van der Waals surface area contributed by atoms with Gasteiger partial charge in [0.15, 0.2) is 11.5 Å². The minimum absolute atomic E-state index is 0.194. The molecule has 0 unspecified atom stereocenters. The van der Waals surface area contributed by atoms with Crippen molar-refractivity contribution in [3.8, 4) is 5.75 Å². The number of nitrogens with one attached hydrogen (secondary N) is 1. The van der Waals surface area contributed by atoms with Crippen molar-refractivity contribution in [1.82, 2.24) is 15.3 Å². The molecule has 1 spiro atoms. The third kappa shape index (κ3) is 4.30. The Morgan fingerprint density at radius 1 is 1.26 bits per heavy atom. The molecule has 1 aliphatic heterocycles. The zero-order valence-corrected chi connectivity index (χ0v) is 18.3. The van der Waals surface area contributed by atoms with Crippen molar-refractivity contribution < 1.29 is 9.53 Å². The van der Waals surface area contributed by atoms with Gasteiger partial charge in [-0.15, -0.1) is 0 Å². The highest BCUT2D eigenvalue weighted by molar-refractivity contribution is 5.95. The molecule has 1 aromatic heterocycles. The molecule has 0 bridgehead atoms. The number of nitrogens with two attached hydrogens (primary N) is 2. The van der Waals surface area contributed by atoms with Gasteiger partial charge in [0.2, 0.25) is 0 Å². The summed E-state index contributed by atoms with van der Waals surface area (Å²) in [7, 11) is 1.69. The largest absolute Gasteiger partial charge is 0.497 e. The maximum absolute atomic E-state index is 11.8. The zero-order chi connectivity index (χ0) is 22.0. The Hall–Kier alpha value is -2.87. The number of ether oxygens (including phenoxy) is 1. The Morgan fingerprint density at radius 2 is 1.97 bits per heavy atom. The molecule has 1 saturated carbocycles. The number of anilines is 2. The number of carbonyl (C=O) groups is 1. The van der Waals surface area contributed by atoms with E-state index in [0.29, 0.717) is 17.7 Å². The molecule has 5 N–H and O–H groups in total. The predicted octanol–water partition coefficient (Wildman–Crippen LogP) is 2.66. The van der Waals surface area contributed by atoms with E-state index in [1.807, 2.05) is 12.1 Å². The second kappa shape index (κ2) is 8.70. The molecular weight excluding hydrogens is 392 g/mol. The first-order valence-electron chi connectivity index (χ1n) is 11.0. The number of carbonyl (C=O) groups excluding carboxylic acids is 1. The van der Waals surface area contributed by atoms with Crippen LogP contribution in [0.25, 0.3) is 0 Å². The summed E-state index contributed by atoms with van der Waals surface area (Å²) >= 11 is 0.